The molecular formula is C14H20N2O. The summed E-state index contributed by atoms with van der Waals surface area (Å²) in [5.74, 6) is 0.303. The molecule has 0 spiro atoms. The van der Waals surface area contributed by atoms with Crippen molar-refractivity contribution in [2.75, 3.05) is 14.1 Å². The molecule has 3 heteroatoms. The van der Waals surface area contributed by atoms with Gasteiger partial charge in [-0.3, -0.25) is 4.79 Å². The lowest BCUT2D eigenvalue weighted by Crippen LogP contribution is -2.28. The van der Waals surface area contributed by atoms with E-state index in [1.54, 1.807) is 0 Å². The molecule has 2 atom stereocenters. The van der Waals surface area contributed by atoms with Crippen molar-refractivity contribution >= 4 is 5.91 Å². The normalized spacial score (nSPS) is 29.0. The van der Waals surface area contributed by atoms with Crippen LogP contribution in [0, 0.1) is 5.92 Å². The van der Waals surface area contributed by atoms with E-state index in [1.807, 2.05) is 25.2 Å². The summed E-state index contributed by atoms with van der Waals surface area (Å²) in [7, 11) is 3.91. The molecule has 1 saturated heterocycles. The van der Waals surface area contributed by atoms with E-state index in [9.17, 15) is 4.79 Å². The summed E-state index contributed by atoms with van der Waals surface area (Å²) >= 11 is 0. The highest BCUT2D eigenvalue weighted by molar-refractivity contribution is 5.98. The van der Waals surface area contributed by atoms with Gasteiger partial charge in [-0.15, -0.1) is 0 Å². The van der Waals surface area contributed by atoms with Gasteiger partial charge in [0.15, 0.2) is 0 Å². The number of carbonyl (C=O) groups excluding carboxylic acids is 1. The summed E-state index contributed by atoms with van der Waals surface area (Å²) in [5, 5.41) is 3.04. The van der Waals surface area contributed by atoms with E-state index >= 15 is 0 Å². The second-order valence-corrected chi connectivity index (χ2v) is 4.90. The molecule has 1 aliphatic carbocycles. The number of amides is 1. The van der Waals surface area contributed by atoms with Gasteiger partial charge in [-0.05, 0) is 6.42 Å². The number of carbonyl (C=O) groups is 1. The third-order valence-electron chi connectivity index (χ3n) is 3.22. The Kier molecular flexibility index (Phi) is 3.36. The van der Waals surface area contributed by atoms with Crippen LogP contribution in [-0.2, 0) is 4.79 Å². The van der Waals surface area contributed by atoms with Crippen molar-refractivity contribution in [1.29, 1.82) is 0 Å². The number of nitrogens with zero attached hydrogens (tertiary/aromatic N) is 1. The predicted octanol–water partition coefficient (Wildman–Crippen LogP) is 1.84. The van der Waals surface area contributed by atoms with Crippen LogP contribution in [-0.4, -0.2) is 30.9 Å². The first kappa shape index (κ1) is 12.0. The molecule has 1 fully saturated rings. The SMILES string of the molecule is CCCC1=CC=CC2NC(=O)/C(=C\N(C)C)C12. The molecule has 1 aliphatic heterocycles. The van der Waals surface area contributed by atoms with Gasteiger partial charge in [0.05, 0.1) is 6.04 Å². The van der Waals surface area contributed by atoms with Crippen LogP contribution in [0.4, 0.5) is 0 Å². The minimum atomic E-state index is 0.0715. The van der Waals surface area contributed by atoms with Gasteiger partial charge < -0.3 is 10.2 Å². The first-order valence-electron chi connectivity index (χ1n) is 6.19. The van der Waals surface area contributed by atoms with Crippen LogP contribution >= 0.6 is 0 Å². The average Bonchev–Trinajstić information content (AvgIpc) is 2.56. The minimum Gasteiger partial charge on any atom is -0.383 e. The first-order chi connectivity index (χ1) is 8.13. The van der Waals surface area contributed by atoms with Crippen LogP contribution in [0.5, 0.6) is 0 Å². The Hall–Kier alpha value is -1.51. The molecule has 17 heavy (non-hydrogen) atoms. The summed E-state index contributed by atoms with van der Waals surface area (Å²) < 4.78 is 0. The second kappa shape index (κ2) is 4.78. The lowest BCUT2D eigenvalue weighted by Gasteiger charge is -2.23. The van der Waals surface area contributed by atoms with Crippen molar-refractivity contribution in [3.05, 3.63) is 35.6 Å². The molecule has 0 aromatic carbocycles. The quantitative estimate of drug-likeness (QED) is 0.753. The predicted molar refractivity (Wildman–Crippen MR) is 69.3 cm³/mol. The van der Waals surface area contributed by atoms with Gasteiger partial charge >= 0.3 is 0 Å². The molecule has 0 radical (unpaired) electrons. The van der Waals surface area contributed by atoms with Crippen LogP contribution in [0.25, 0.3) is 0 Å². The Morgan fingerprint density at radius 1 is 1.47 bits per heavy atom. The van der Waals surface area contributed by atoms with E-state index in [0.29, 0.717) is 0 Å². The first-order valence-corrected chi connectivity index (χ1v) is 6.19. The van der Waals surface area contributed by atoms with Crippen LogP contribution in [0.15, 0.2) is 35.6 Å². The molecule has 1 amide bonds. The van der Waals surface area contributed by atoms with E-state index in [2.05, 4.69) is 30.5 Å². The average molecular weight is 232 g/mol. The van der Waals surface area contributed by atoms with Crippen molar-refractivity contribution in [3.8, 4) is 0 Å². The maximum Gasteiger partial charge on any atom is 0.249 e. The Labute approximate surface area is 103 Å². The maximum atomic E-state index is 12.0. The molecule has 0 bridgehead atoms. The highest BCUT2D eigenvalue weighted by Crippen LogP contribution is 2.35. The van der Waals surface area contributed by atoms with Gasteiger partial charge in [0.2, 0.25) is 5.91 Å². The fourth-order valence-electron chi connectivity index (χ4n) is 2.59. The van der Waals surface area contributed by atoms with E-state index in [4.69, 9.17) is 0 Å². The molecule has 2 aliphatic rings. The largest absolute Gasteiger partial charge is 0.383 e. The van der Waals surface area contributed by atoms with E-state index < -0.39 is 0 Å². The van der Waals surface area contributed by atoms with Gasteiger partial charge in [-0.25, -0.2) is 0 Å². The van der Waals surface area contributed by atoms with Crippen molar-refractivity contribution < 1.29 is 4.79 Å². The monoisotopic (exact) mass is 232 g/mol. The molecule has 0 aromatic heterocycles. The molecule has 3 nitrogen and oxygen atoms in total. The lowest BCUT2D eigenvalue weighted by atomic mass is 9.83. The summed E-state index contributed by atoms with van der Waals surface area (Å²) in [6, 6.07) is 0.153. The van der Waals surface area contributed by atoms with E-state index in [1.165, 1.54) is 5.57 Å². The highest BCUT2D eigenvalue weighted by Gasteiger charge is 2.38. The Balaban J connectivity index is 2.33. The summed E-state index contributed by atoms with van der Waals surface area (Å²) in [6.45, 7) is 2.17. The third-order valence-corrected chi connectivity index (χ3v) is 3.22. The molecule has 92 valence electrons. The molecule has 1 heterocycles. The van der Waals surface area contributed by atoms with Crippen molar-refractivity contribution in [2.24, 2.45) is 5.92 Å². The number of hydrogen-bond acceptors (Lipinski definition) is 2. The zero-order valence-corrected chi connectivity index (χ0v) is 10.7. The molecule has 1 N–H and O–H groups in total. The van der Waals surface area contributed by atoms with Crippen molar-refractivity contribution in [2.45, 2.75) is 25.8 Å². The van der Waals surface area contributed by atoms with Crippen molar-refractivity contribution in [3.63, 3.8) is 0 Å². The number of fused-ring (bicyclic) bond motifs is 1. The number of allylic oxidation sites excluding steroid dienone is 2. The van der Waals surface area contributed by atoms with Crippen LogP contribution in [0.3, 0.4) is 0 Å². The maximum absolute atomic E-state index is 12.0. The third kappa shape index (κ3) is 2.28. The molecule has 0 saturated carbocycles. The topological polar surface area (TPSA) is 32.3 Å². The molecule has 2 unspecified atom stereocenters. The van der Waals surface area contributed by atoms with Crippen LogP contribution in [0.1, 0.15) is 19.8 Å². The Bertz CT molecular complexity index is 404. The fraction of sp³-hybridized carbons (Fsp3) is 0.500. The summed E-state index contributed by atoms with van der Waals surface area (Å²) in [6.07, 6.45) is 10.4. The second-order valence-electron chi connectivity index (χ2n) is 4.90. The number of hydrogen-bond donors (Lipinski definition) is 1. The van der Waals surface area contributed by atoms with Gasteiger partial charge in [-0.2, -0.15) is 0 Å². The fourth-order valence-corrected chi connectivity index (χ4v) is 2.59. The standard InChI is InChI=1S/C14H20N2O/c1-4-6-10-7-5-8-12-13(10)11(9-16(2)3)14(17)15-12/h5,7-9,12-13H,4,6H2,1-3H3,(H,15,17)/b11-9-. The van der Waals surface area contributed by atoms with E-state index in [0.717, 1.165) is 18.4 Å². The zero-order valence-electron chi connectivity index (χ0n) is 10.7. The van der Waals surface area contributed by atoms with Gasteiger partial charge in [-0.1, -0.05) is 37.1 Å². The molecular weight excluding hydrogens is 212 g/mol. The lowest BCUT2D eigenvalue weighted by molar-refractivity contribution is -0.116. The van der Waals surface area contributed by atoms with Crippen LogP contribution < -0.4 is 5.32 Å². The number of nitrogens with one attached hydrogen (secondary N) is 1. The zero-order chi connectivity index (χ0) is 12.4. The van der Waals surface area contributed by atoms with Crippen molar-refractivity contribution in [1.82, 2.24) is 10.2 Å². The van der Waals surface area contributed by atoms with E-state index in [-0.39, 0.29) is 17.9 Å². The van der Waals surface area contributed by atoms with Crippen LogP contribution in [0.2, 0.25) is 0 Å². The Morgan fingerprint density at radius 2 is 2.24 bits per heavy atom. The number of rotatable bonds is 3. The smallest absolute Gasteiger partial charge is 0.249 e. The van der Waals surface area contributed by atoms with Gasteiger partial charge in [0.1, 0.15) is 0 Å². The Morgan fingerprint density at radius 3 is 2.88 bits per heavy atom. The summed E-state index contributed by atoms with van der Waals surface area (Å²) in [4.78, 5) is 13.9. The highest BCUT2D eigenvalue weighted by atomic mass is 16.2. The van der Waals surface area contributed by atoms with Gasteiger partial charge in [0, 0.05) is 31.8 Å². The molecule has 2 rings (SSSR count). The minimum absolute atomic E-state index is 0.0715. The van der Waals surface area contributed by atoms with Gasteiger partial charge in [0.25, 0.3) is 0 Å². The summed E-state index contributed by atoms with van der Waals surface area (Å²) in [5.41, 5.74) is 2.26. The molecule has 0 aromatic rings.